The first-order valence-corrected chi connectivity index (χ1v) is 6.54. The van der Waals surface area contributed by atoms with Gasteiger partial charge in [-0.1, -0.05) is 35.3 Å². The lowest BCUT2D eigenvalue weighted by atomic mass is 10.1. The molecule has 3 rings (SSSR count). The molecule has 1 aromatic carbocycles. The highest BCUT2D eigenvalue weighted by Crippen LogP contribution is 2.20. The van der Waals surface area contributed by atoms with E-state index in [2.05, 4.69) is 4.98 Å². The van der Waals surface area contributed by atoms with Crippen molar-refractivity contribution in [3.8, 4) is 0 Å². The molecule has 0 bridgehead atoms. The monoisotopic (exact) mass is 291 g/mol. The van der Waals surface area contributed by atoms with Gasteiger partial charge in [-0.3, -0.25) is 0 Å². The van der Waals surface area contributed by atoms with Gasteiger partial charge in [-0.15, -0.1) is 0 Å². The Morgan fingerprint density at radius 1 is 1.05 bits per heavy atom. The van der Waals surface area contributed by atoms with E-state index in [1.54, 1.807) is 12.3 Å². The molecule has 0 aliphatic rings. The number of benzene rings is 1. The van der Waals surface area contributed by atoms with Crippen LogP contribution in [-0.4, -0.2) is 9.38 Å². The van der Waals surface area contributed by atoms with Crippen LogP contribution in [0, 0.1) is 0 Å². The van der Waals surface area contributed by atoms with Crippen molar-refractivity contribution in [2.45, 2.75) is 6.42 Å². The van der Waals surface area contributed by atoms with Crippen molar-refractivity contribution in [2.75, 3.05) is 5.73 Å². The van der Waals surface area contributed by atoms with Gasteiger partial charge in [-0.25, -0.2) is 4.98 Å². The number of aromatic nitrogens is 2. The molecule has 0 radical (unpaired) electrons. The molecule has 0 fully saturated rings. The van der Waals surface area contributed by atoms with Crippen LogP contribution in [0.4, 0.5) is 5.69 Å². The maximum absolute atomic E-state index is 5.97. The molecule has 0 saturated carbocycles. The van der Waals surface area contributed by atoms with Crippen molar-refractivity contribution in [1.82, 2.24) is 9.38 Å². The second-order valence-corrected chi connectivity index (χ2v) is 5.25. The fraction of sp³-hybridized carbons (Fsp3) is 0.0714. The zero-order valence-corrected chi connectivity index (χ0v) is 11.5. The van der Waals surface area contributed by atoms with E-state index >= 15 is 0 Å². The highest BCUT2D eigenvalue weighted by molar-refractivity contribution is 6.31. The molecular weight excluding hydrogens is 281 g/mol. The molecule has 3 aromatic rings. The lowest BCUT2D eigenvalue weighted by Gasteiger charge is -1.97. The predicted octanol–water partition coefficient (Wildman–Crippen LogP) is 3.81. The third-order valence-corrected chi connectivity index (χ3v) is 3.35. The van der Waals surface area contributed by atoms with E-state index in [1.807, 2.05) is 34.9 Å². The van der Waals surface area contributed by atoms with E-state index in [4.69, 9.17) is 28.9 Å². The average molecular weight is 292 g/mol. The number of nitrogens with two attached hydrogens (primary N) is 1. The Morgan fingerprint density at radius 2 is 1.79 bits per heavy atom. The van der Waals surface area contributed by atoms with Gasteiger partial charge in [0.15, 0.2) is 5.65 Å². The van der Waals surface area contributed by atoms with Gasteiger partial charge in [-0.05, 0) is 23.8 Å². The number of halogens is 2. The van der Waals surface area contributed by atoms with Crippen LogP contribution in [0.15, 0.2) is 42.7 Å². The molecule has 5 heteroatoms. The normalized spacial score (nSPS) is 11.1. The van der Waals surface area contributed by atoms with Crippen molar-refractivity contribution < 1.29 is 0 Å². The molecule has 0 aliphatic heterocycles. The number of rotatable bonds is 2. The first-order valence-electron chi connectivity index (χ1n) is 5.79. The van der Waals surface area contributed by atoms with Gasteiger partial charge in [-0.2, -0.15) is 0 Å². The SMILES string of the molecule is Nc1cc(Cl)cn2cc(Cc3ccc(Cl)cc3)nc12. The van der Waals surface area contributed by atoms with Gasteiger partial charge in [0, 0.05) is 23.8 Å². The lowest BCUT2D eigenvalue weighted by Crippen LogP contribution is -1.91. The van der Waals surface area contributed by atoms with Gasteiger partial charge in [0.1, 0.15) is 0 Å². The molecular formula is C14H11Cl2N3. The number of nitrogen functional groups attached to an aromatic ring is 1. The first-order chi connectivity index (χ1) is 9.11. The first kappa shape index (κ1) is 12.3. The summed E-state index contributed by atoms with van der Waals surface area (Å²) in [5.74, 6) is 0. The Labute approximate surface area is 120 Å². The van der Waals surface area contributed by atoms with Gasteiger partial charge >= 0.3 is 0 Å². The predicted molar refractivity (Wildman–Crippen MR) is 78.9 cm³/mol. The van der Waals surface area contributed by atoms with Crippen LogP contribution in [0.1, 0.15) is 11.3 Å². The summed E-state index contributed by atoms with van der Waals surface area (Å²) >= 11 is 11.8. The van der Waals surface area contributed by atoms with E-state index in [0.29, 0.717) is 10.7 Å². The fourth-order valence-electron chi connectivity index (χ4n) is 2.04. The average Bonchev–Trinajstić information content (AvgIpc) is 2.75. The lowest BCUT2D eigenvalue weighted by molar-refractivity contribution is 1.11. The second-order valence-electron chi connectivity index (χ2n) is 4.38. The van der Waals surface area contributed by atoms with E-state index in [9.17, 15) is 0 Å². The summed E-state index contributed by atoms with van der Waals surface area (Å²) in [6, 6.07) is 9.43. The molecule has 0 saturated heterocycles. The van der Waals surface area contributed by atoms with Crippen LogP contribution >= 0.6 is 23.2 Å². The minimum atomic E-state index is 0.579. The van der Waals surface area contributed by atoms with E-state index < -0.39 is 0 Å². The smallest absolute Gasteiger partial charge is 0.160 e. The van der Waals surface area contributed by atoms with E-state index in [0.717, 1.165) is 28.3 Å². The molecule has 0 spiro atoms. The maximum Gasteiger partial charge on any atom is 0.160 e. The van der Waals surface area contributed by atoms with Gasteiger partial charge < -0.3 is 10.1 Å². The highest BCUT2D eigenvalue weighted by Gasteiger charge is 2.06. The fourth-order valence-corrected chi connectivity index (χ4v) is 2.38. The number of hydrogen-bond acceptors (Lipinski definition) is 2. The maximum atomic E-state index is 5.97. The van der Waals surface area contributed by atoms with Gasteiger partial charge in [0.25, 0.3) is 0 Å². The summed E-state index contributed by atoms with van der Waals surface area (Å²) in [6.45, 7) is 0. The molecule has 0 atom stereocenters. The zero-order chi connectivity index (χ0) is 13.4. The largest absolute Gasteiger partial charge is 0.396 e. The molecule has 0 amide bonds. The number of pyridine rings is 1. The molecule has 2 heterocycles. The zero-order valence-electron chi connectivity index (χ0n) is 9.98. The summed E-state index contributed by atoms with van der Waals surface area (Å²) in [7, 11) is 0. The van der Waals surface area contributed by atoms with Gasteiger partial charge in [0.05, 0.1) is 16.4 Å². The Hall–Kier alpha value is -1.71. The minimum Gasteiger partial charge on any atom is -0.396 e. The highest BCUT2D eigenvalue weighted by atomic mass is 35.5. The Balaban J connectivity index is 1.97. The molecule has 0 aliphatic carbocycles. The number of anilines is 1. The topological polar surface area (TPSA) is 43.3 Å². The molecule has 0 unspecified atom stereocenters. The van der Waals surface area contributed by atoms with Crippen molar-refractivity contribution in [1.29, 1.82) is 0 Å². The quantitative estimate of drug-likeness (QED) is 0.780. The van der Waals surface area contributed by atoms with Crippen molar-refractivity contribution >= 4 is 34.5 Å². The summed E-state index contributed by atoms with van der Waals surface area (Å²) in [5.41, 5.74) is 9.30. The summed E-state index contributed by atoms with van der Waals surface area (Å²) in [4.78, 5) is 4.52. The van der Waals surface area contributed by atoms with Crippen LogP contribution in [-0.2, 0) is 6.42 Å². The molecule has 96 valence electrons. The summed E-state index contributed by atoms with van der Waals surface area (Å²) in [5, 5.41) is 1.33. The number of hydrogen-bond donors (Lipinski definition) is 1. The summed E-state index contributed by atoms with van der Waals surface area (Å²) in [6.07, 6.45) is 4.47. The van der Waals surface area contributed by atoms with Crippen molar-refractivity contribution in [3.05, 3.63) is 64.0 Å². The van der Waals surface area contributed by atoms with Crippen LogP contribution in [0.2, 0.25) is 10.0 Å². The van der Waals surface area contributed by atoms with Crippen molar-refractivity contribution in [2.24, 2.45) is 0 Å². The van der Waals surface area contributed by atoms with Crippen LogP contribution in [0.3, 0.4) is 0 Å². The minimum absolute atomic E-state index is 0.579. The van der Waals surface area contributed by atoms with E-state index in [1.165, 1.54) is 0 Å². The molecule has 3 nitrogen and oxygen atoms in total. The second kappa shape index (κ2) is 4.76. The molecule has 2 aromatic heterocycles. The van der Waals surface area contributed by atoms with Crippen LogP contribution in [0.25, 0.3) is 5.65 Å². The molecule has 2 N–H and O–H groups in total. The third kappa shape index (κ3) is 2.53. The number of imidazole rings is 1. The molecule has 19 heavy (non-hydrogen) atoms. The standard InChI is InChI=1S/C14H11Cl2N3/c15-10-3-1-9(2-4-10)5-12-8-19-7-11(16)6-13(17)14(19)18-12/h1-4,6-8H,5,17H2. The van der Waals surface area contributed by atoms with E-state index in [-0.39, 0.29) is 0 Å². The summed E-state index contributed by atoms with van der Waals surface area (Å²) < 4.78 is 1.85. The Morgan fingerprint density at radius 3 is 2.53 bits per heavy atom. The van der Waals surface area contributed by atoms with Crippen molar-refractivity contribution in [3.63, 3.8) is 0 Å². The van der Waals surface area contributed by atoms with Gasteiger partial charge in [0.2, 0.25) is 0 Å². The van der Waals surface area contributed by atoms with Crippen LogP contribution in [0.5, 0.6) is 0 Å². The van der Waals surface area contributed by atoms with Crippen LogP contribution < -0.4 is 5.73 Å². The third-order valence-electron chi connectivity index (χ3n) is 2.89. The number of fused-ring (bicyclic) bond motifs is 1. The Bertz CT molecular complexity index is 732. The Kier molecular flexibility index (Phi) is 3.09. The number of nitrogens with zero attached hydrogens (tertiary/aromatic N) is 2.